The SMILES string of the molecule is O=[N+]([O-])c1c[nH]c(-c2nnc(-c3cc(-c4ccccc4Cl)nc4ccccc34)o2)c1. The normalized spacial score (nSPS) is 11.1. The largest absolute Gasteiger partial charge is 0.415 e. The molecule has 3 heterocycles. The molecule has 0 unspecified atom stereocenters. The quantitative estimate of drug-likeness (QED) is 0.305. The Balaban J connectivity index is 1.66. The first-order chi connectivity index (χ1) is 14.6. The Morgan fingerprint density at radius 1 is 0.967 bits per heavy atom. The summed E-state index contributed by atoms with van der Waals surface area (Å²) in [5.74, 6) is 0.424. The minimum atomic E-state index is -0.496. The van der Waals surface area contributed by atoms with Gasteiger partial charge >= 0.3 is 0 Å². The van der Waals surface area contributed by atoms with E-state index in [1.165, 1.54) is 12.3 Å². The standard InChI is InChI=1S/C21H12ClN5O3/c22-16-7-3-1-6-14(16)18-10-15(13-5-2-4-8-17(13)24-18)20-25-26-21(30-20)19-9-12(11-23-19)27(28)29/h1-11,23H. The number of hydrogen-bond donors (Lipinski definition) is 1. The summed E-state index contributed by atoms with van der Waals surface area (Å²) in [5, 5.41) is 20.5. The zero-order chi connectivity index (χ0) is 20.7. The van der Waals surface area contributed by atoms with E-state index in [1.807, 2.05) is 48.5 Å². The zero-order valence-corrected chi connectivity index (χ0v) is 16.0. The van der Waals surface area contributed by atoms with Gasteiger partial charge in [-0.25, -0.2) is 4.98 Å². The van der Waals surface area contributed by atoms with Gasteiger partial charge in [0.25, 0.3) is 11.6 Å². The van der Waals surface area contributed by atoms with E-state index in [1.54, 1.807) is 6.07 Å². The summed E-state index contributed by atoms with van der Waals surface area (Å²) in [5.41, 5.74) is 3.18. The van der Waals surface area contributed by atoms with Crippen molar-refractivity contribution in [3.8, 4) is 34.3 Å². The Labute approximate surface area is 174 Å². The van der Waals surface area contributed by atoms with Crippen molar-refractivity contribution in [2.75, 3.05) is 0 Å². The summed E-state index contributed by atoms with van der Waals surface area (Å²) in [4.78, 5) is 17.9. The van der Waals surface area contributed by atoms with Crippen molar-refractivity contribution in [2.45, 2.75) is 0 Å². The second-order valence-corrected chi connectivity index (χ2v) is 6.90. The van der Waals surface area contributed by atoms with Crippen LogP contribution in [0, 0.1) is 10.1 Å². The average molecular weight is 418 g/mol. The summed E-state index contributed by atoms with van der Waals surface area (Å²) >= 11 is 6.37. The highest BCUT2D eigenvalue weighted by Gasteiger charge is 2.19. The minimum Gasteiger partial charge on any atom is -0.415 e. The highest BCUT2D eigenvalue weighted by Crippen LogP contribution is 2.35. The molecule has 1 N–H and O–H groups in total. The second-order valence-electron chi connectivity index (χ2n) is 6.49. The number of nitrogens with one attached hydrogen (secondary N) is 1. The maximum atomic E-state index is 10.9. The predicted molar refractivity (Wildman–Crippen MR) is 112 cm³/mol. The smallest absolute Gasteiger partial charge is 0.287 e. The fraction of sp³-hybridized carbons (Fsp3) is 0. The van der Waals surface area contributed by atoms with Crippen LogP contribution in [-0.4, -0.2) is 25.1 Å². The number of aromatic nitrogens is 4. The molecule has 0 fully saturated rings. The minimum absolute atomic E-state index is 0.0832. The van der Waals surface area contributed by atoms with Gasteiger partial charge in [-0.2, -0.15) is 0 Å². The van der Waals surface area contributed by atoms with Gasteiger partial charge in [-0.1, -0.05) is 48.0 Å². The van der Waals surface area contributed by atoms with Crippen molar-refractivity contribution in [1.82, 2.24) is 20.2 Å². The summed E-state index contributed by atoms with van der Waals surface area (Å²) in [7, 11) is 0. The number of para-hydroxylation sites is 1. The number of nitrogens with zero attached hydrogens (tertiary/aromatic N) is 4. The van der Waals surface area contributed by atoms with E-state index in [-0.39, 0.29) is 17.5 Å². The van der Waals surface area contributed by atoms with Crippen LogP contribution in [0.5, 0.6) is 0 Å². The lowest BCUT2D eigenvalue weighted by Crippen LogP contribution is -1.90. The van der Waals surface area contributed by atoms with Crippen LogP contribution in [0.1, 0.15) is 0 Å². The molecule has 0 saturated carbocycles. The first kappa shape index (κ1) is 18.0. The van der Waals surface area contributed by atoms with E-state index in [2.05, 4.69) is 15.2 Å². The molecule has 0 aliphatic rings. The molecule has 8 nitrogen and oxygen atoms in total. The van der Waals surface area contributed by atoms with Gasteiger partial charge < -0.3 is 9.40 Å². The first-order valence-corrected chi connectivity index (χ1v) is 9.30. The molecule has 0 aliphatic heterocycles. The Morgan fingerprint density at radius 2 is 1.73 bits per heavy atom. The molecule has 0 atom stereocenters. The molecule has 0 radical (unpaired) electrons. The van der Waals surface area contributed by atoms with Gasteiger partial charge in [0.05, 0.1) is 27.9 Å². The molecule has 9 heteroatoms. The Bertz CT molecular complexity index is 1410. The maximum Gasteiger partial charge on any atom is 0.287 e. The van der Waals surface area contributed by atoms with Gasteiger partial charge in [-0.05, 0) is 18.2 Å². The Morgan fingerprint density at radius 3 is 2.53 bits per heavy atom. The molecule has 0 bridgehead atoms. The molecule has 5 aromatic rings. The van der Waals surface area contributed by atoms with Crippen molar-refractivity contribution in [1.29, 1.82) is 0 Å². The van der Waals surface area contributed by atoms with Crippen molar-refractivity contribution in [3.05, 3.63) is 82.0 Å². The van der Waals surface area contributed by atoms with Crippen LogP contribution >= 0.6 is 11.6 Å². The molecular weight excluding hydrogens is 406 g/mol. The lowest BCUT2D eigenvalue weighted by molar-refractivity contribution is -0.384. The molecule has 146 valence electrons. The van der Waals surface area contributed by atoms with Gasteiger partial charge in [0.1, 0.15) is 5.69 Å². The van der Waals surface area contributed by atoms with Crippen molar-refractivity contribution in [3.63, 3.8) is 0 Å². The maximum absolute atomic E-state index is 10.9. The molecule has 0 amide bonds. The molecule has 0 aliphatic carbocycles. The molecule has 0 saturated heterocycles. The molecular formula is C21H12ClN5O3. The summed E-state index contributed by atoms with van der Waals surface area (Å²) in [6.07, 6.45) is 1.27. The van der Waals surface area contributed by atoms with Crippen LogP contribution in [0.15, 0.2) is 71.3 Å². The van der Waals surface area contributed by atoms with Crippen molar-refractivity contribution < 1.29 is 9.34 Å². The van der Waals surface area contributed by atoms with Crippen LogP contribution in [0.25, 0.3) is 45.2 Å². The van der Waals surface area contributed by atoms with E-state index < -0.39 is 4.92 Å². The van der Waals surface area contributed by atoms with E-state index in [9.17, 15) is 10.1 Å². The van der Waals surface area contributed by atoms with Crippen LogP contribution in [0.3, 0.4) is 0 Å². The van der Waals surface area contributed by atoms with Crippen molar-refractivity contribution in [2.24, 2.45) is 0 Å². The van der Waals surface area contributed by atoms with Gasteiger partial charge in [-0.3, -0.25) is 10.1 Å². The molecule has 30 heavy (non-hydrogen) atoms. The van der Waals surface area contributed by atoms with E-state index >= 15 is 0 Å². The lowest BCUT2D eigenvalue weighted by atomic mass is 10.0. The number of rotatable bonds is 4. The van der Waals surface area contributed by atoms with Crippen LogP contribution in [0.4, 0.5) is 5.69 Å². The van der Waals surface area contributed by atoms with E-state index in [0.717, 1.165) is 16.5 Å². The van der Waals surface area contributed by atoms with Gasteiger partial charge in [0.15, 0.2) is 0 Å². The monoisotopic (exact) mass is 417 g/mol. The summed E-state index contributed by atoms with van der Waals surface area (Å²) in [6, 6.07) is 18.2. The van der Waals surface area contributed by atoms with Crippen LogP contribution in [-0.2, 0) is 0 Å². The first-order valence-electron chi connectivity index (χ1n) is 8.92. The third-order valence-corrected chi connectivity index (χ3v) is 4.96. The number of aromatic amines is 1. The van der Waals surface area contributed by atoms with Crippen LogP contribution in [0.2, 0.25) is 5.02 Å². The van der Waals surface area contributed by atoms with Gasteiger partial charge in [0, 0.05) is 22.0 Å². The highest BCUT2D eigenvalue weighted by atomic mass is 35.5. The molecule has 0 spiro atoms. The number of halogens is 1. The second kappa shape index (κ2) is 7.09. The number of fused-ring (bicyclic) bond motifs is 1. The average Bonchev–Trinajstić information content (AvgIpc) is 3.43. The lowest BCUT2D eigenvalue weighted by Gasteiger charge is -2.08. The summed E-state index contributed by atoms with van der Waals surface area (Å²) in [6.45, 7) is 0. The van der Waals surface area contributed by atoms with E-state index in [4.69, 9.17) is 21.0 Å². The number of nitro groups is 1. The number of pyridine rings is 1. The number of hydrogen-bond acceptors (Lipinski definition) is 6. The molecule has 5 rings (SSSR count). The van der Waals surface area contributed by atoms with E-state index in [0.29, 0.717) is 22.0 Å². The van der Waals surface area contributed by atoms with Gasteiger partial charge in [0.2, 0.25) is 5.89 Å². The third kappa shape index (κ3) is 3.09. The Hall–Kier alpha value is -4.04. The highest BCUT2D eigenvalue weighted by molar-refractivity contribution is 6.33. The van der Waals surface area contributed by atoms with Crippen molar-refractivity contribution >= 4 is 28.2 Å². The number of benzene rings is 2. The summed E-state index contributed by atoms with van der Waals surface area (Å²) < 4.78 is 5.84. The fourth-order valence-corrected chi connectivity index (χ4v) is 3.44. The van der Waals surface area contributed by atoms with Crippen LogP contribution < -0.4 is 0 Å². The predicted octanol–water partition coefficient (Wildman–Crippen LogP) is 5.51. The van der Waals surface area contributed by atoms with Gasteiger partial charge in [-0.15, -0.1) is 10.2 Å². The Kier molecular flexibility index (Phi) is 4.26. The zero-order valence-electron chi connectivity index (χ0n) is 15.2. The third-order valence-electron chi connectivity index (χ3n) is 4.63. The molecule has 3 aromatic heterocycles. The fourth-order valence-electron chi connectivity index (χ4n) is 3.21. The topological polar surface area (TPSA) is 111 Å². The molecule has 2 aromatic carbocycles. The number of H-pyrrole nitrogens is 1.